The molecule has 0 radical (unpaired) electrons. The van der Waals surface area contributed by atoms with Gasteiger partial charge in [0.1, 0.15) is 0 Å². The first-order chi connectivity index (χ1) is 4.76. The van der Waals surface area contributed by atoms with E-state index < -0.39 is 0 Å². The van der Waals surface area contributed by atoms with Crippen molar-refractivity contribution in [3.8, 4) is 0 Å². The van der Waals surface area contributed by atoms with Crippen LogP contribution in [0, 0.1) is 5.92 Å². The van der Waals surface area contributed by atoms with Crippen LogP contribution in [0.1, 0.15) is 46.5 Å². The van der Waals surface area contributed by atoms with Gasteiger partial charge >= 0.3 is 0 Å². The molecule has 0 bridgehead atoms. The van der Waals surface area contributed by atoms with Crippen LogP contribution in [-0.2, 0) is 0 Å². The molecule has 1 unspecified atom stereocenters. The van der Waals surface area contributed by atoms with Gasteiger partial charge in [-0.1, -0.05) is 33.6 Å². The van der Waals surface area contributed by atoms with E-state index in [1.165, 1.54) is 19.3 Å². The fourth-order valence-electron chi connectivity index (χ4n) is 1.43. The van der Waals surface area contributed by atoms with Gasteiger partial charge in [0.15, 0.2) is 0 Å². The number of nitrogens with two attached hydrogens (primary N) is 1. The number of rotatable bonds is 5. The maximum absolute atomic E-state index is 5.91. The summed E-state index contributed by atoms with van der Waals surface area (Å²) in [7, 11) is 0. The van der Waals surface area contributed by atoms with Crippen molar-refractivity contribution in [3.05, 3.63) is 0 Å². The zero-order valence-electron chi connectivity index (χ0n) is 7.56. The Morgan fingerprint density at radius 3 is 2.00 bits per heavy atom. The largest absolute Gasteiger partial charge is 0.327 e. The van der Waals surface area contributed by atoms with E-state index in [1.54, 1.807) is 0 Å². The van der Waals surface area contributed by atoms with Crippen molar-refractivity contribution in [2.75, 3.05) is 0 Å². The second-order valence-electron chi connectivity index (χ2n) is 3.03. The van der Waals surface area contributed by atoms with Gasteiger partial charge in [0.25, 0.3) is 0 Å². The number of hydrogen-bond donors (Lipinski definition) is 1. The van der Waals surface area contributed by atoms with Crippen LogP contribution in [0.2, 0.25) is 0 Å². The molecule has 0 aromatic carbocycles. The molecule has 0 fully saturated rings. The van der Waals surface area contributed by atoms with Crippen LogP contribution in [0.25, 0.3) is 0 Å². The van der Waals surface area contributed by atoms with Gasteiger partial charge in [0.2, 0.25) is 0 Å². The fourth-order valence-corrected chi connectivity index (χ4v) is 1.43. The molecule has 0 rings (SSSR count). The van der Waals surface area contributed by atoms with Gasteiger partial charge < -0.3 is 5.73 Å². The highest BCUT2D eigenvalue weighted by Crippen LogP contribution is 2.15. The van der Waals surface area contributed by atoms with Gasteiger partial charge in [0, 0.05) is 6.04 Å². The maximum atomic E-state index is 5.91. The summed E-state index contributed by atoms with van der Waals surface area (Å²) in [6.07, 6.45) is 4.93. The van der Waals surface area contributed by atoms with Crippen LogP contribution in [0.15, 0.2) is 0 Å². The molecule has 2 atom stereocenters. The highest BCUT2D eigenvalue weighted by molar-refractivity contribution is 4.69. The SMILES string of the molecule is CCC[C@H](CC)C(N)CC. The second-order valence-corrected chi connectivity index (χ2v) is 3.03. The van der Waals surface area contributed by atoms with Gasteiger partial charge in [-0.15, -0.1) is 0 Å². The molecule has 0 aliphatic rings. The fraction of sp³-hybridized carbons (Fsp3) is 1.00. The minimum absolute atomic E-state index is 0.435. The van der Waals surface area contributed by atoms with E-state index in [-0.39, 0.29) is 0 Å². The van der Waals surface area contributed by atoms with Crippen LogP contribution in [-0.4, -0.2) is 6.04 Å². The summed E-state index contributed by atoms with van der Waals surface area (Å²) in [5.41, 5.74) is 5.91. The summed E-state index contributed by atoms with van der Waals surface area (Å²) in [5.74, 6) is 0.759. The predicted molar refractivity (Wildman–Crippen MR) is 47.0 cm³/mol. The molecule has 0 heterocycles. The van der Waals surface area contributed by atoms with E-state index in [0.29, 0.717) is 6.04 Å². The van der Waals surface area contributed by atoms with Gasteiger partial charge in [0.05, 0.1) is 0 Å². The predicted octanol–water partition coefficient (Wildman–Crippen LogP) is 2.55. The highest BCUT2D eigenvalue weighted by atomic mass is 14.6. The second kappa shape index (κ2) is 5.72. The summed E-state index contributed by atoms with van der Waals surface area (Å²) in [6.45, 7) is 6.63. The third-order valence-corrected chi connectivity index (χ3v) is 2.26. The molecule has 0 amide bonds. The lowest BCUT2D eigenvalue weighted by molar-refractivity contribution is 0.370. The first-order valence-electron chi connectivity index (χ1n) is 4.51. The lowest BCUT2D eigenvalue weighted by Gasteiger charge is -2.20. The van der Waals surface area contributed by atoms with Crippen LogP contribution < -0.4 is 5.73 Å². The molecule has 0 aromatic rings. The Hall–Kier alpha value is -0.0400. The minimum atomic E-state index is 0.435. The third kappa shape index (κ3) is 3.21. The molecular formula is C9H21N. The van der Waals surface area contributed by atoms with Crippen LogP contribution in [0.3, 0.4) is 0 Å². The van der Waals surface area contributed by atoms with Crippen molar-refractivity contribution in [2.24, 2.45) is 11.7 Å². The lowest BCUT2D eigenvalue weighted by atomic mass is 9.91. The van der Waals surface area contributed by atoms with Crippen molar-refractivity contribution in [1.29, 1.82) is 0 Å². The highest BCUT2D eigenvalue weighted by Gasteiger charge is 2.11. The normalized spacial score (nSPS) is 16.8. The van der Waals surface area contributed by atoms with Crippen LogP contribution in [0.4, 0.5) is 0 Å². The Labute approximate surface area is 65.0 Å². The van der Waals surface area contributed by atoms with E-state index in [0.717, 1.165) is 12.3 Å². The lowest BCUT2D eigenvalue weighted by Crippen LogP contribution is -2.28. The van der Waals surface area contributed by atoms with Gasteiger partial charge in [-0.3, -0.25) is 0 Å². The van der Waals surface area contributed by atoms with E-state index in [1.807, 2.05) is 0 Å². The van der Waals surface area contributed by atoms with E-state index in [4.69, 9.17) is 5.73 Å². The Morgan fingerprint density at radius 2 is 1.70 bits per heavy atom. The monoisotopic (exact) mass is 143 g/mol. The third-order valence-electron chi connectivity index (χ3n) is 2.26. The van der Waals surface area contributed by atoms with Gasteiger partial charge in [-0.25, -0.2) is 0 Å². The first-order valence-corrected chi connectivity index (χ1v) is 4.51. The molecule has 1 nitrogen and oxygen atoms in total. The van der Waals surface area contributed by atoms with E-state index in [9.17, 15) is 0 Å². The van der Waals surface area contributed by atoms with Crippen molar-refractivity contribution in [1.82, 2.24) is 0 Å². The average molecular weight is 143 g/mol. The summed E-state index contributed by atoms with van der Waals surface area (Å²) in [4.78, 5) is 0. The molecule has 0 aromatic heterocycles. The molecule has 10 heavy (non-hydrogen) atoms. The Bertz CT molecular complexity index is 71.1. The zero-order valence-corrected chi connectivity index (χ0v) is 7.56. The maximum Gasteiger partial charge on any atom is 0.00644 e. The molecule has 2 N–H and O–H groups in total. The quantitative estimate of drug-likeness (QED) is 0.629. The molecule has 0 aliphatic carbocycles. The molecule has 0 saturated heterocycles. The van der Waals surface area contributed by atoms with E-state index >= 15 is 0 Å². The molecule has 62 valence electrons. The molecule has 1 heteroatoms. The average Bonchev–Trinajstić information content (AvgIpc) is 1.99. The molecule has 0 spiro atoms. The van der Waals surface area contributed by atoms with Gasteiger partial charge in [-0.2, -0.15) is 0 Å². The van der Waals surface area contributed by atoms with Crippen molar-refractivity contribution < 1.29 is 0 Å². The summed E-state index contributed by atoms with van der Waals surface area (Å²) >= 11 is 0. The first kappa shape index (κ1) is 9.96. The topological polar surface area (TPSA) is 26.0 Å². The Morgan fingerprint density at radius 1 is 1.10 bits per heavy atom. The van der Waals surface area contributed by atoms with Crippen molar-refractivity contribution >= 4 is 0 Å². The minimum Gasteiger partial charge on any atom is -0.327 e. The zero-order chi connectivity index (χ0) is 7.98. The molecule has 0 saturated carbocycles. The van der Waals surface area contributed by atoms with Crippen LogP contribution in [0.5, 0.6) is 0 Å². The van der Waals surface area contributed by atoms with Crippen LogP contribution >= 0.6 is 0 Å². The van der Waals surface area contributed by atoms with Crippen molar-refractivity contribution in [3.63, 3.8) is 0 Å². The molecule has 0 aliphatic heterocycles. The summed E-state index contributed by atoms with van der Waals surface area (Å²) < 4.78 is 0. The van der Waals surface area contributed by atoms with Crippen molar-refractivity contribution in [2.45, 2.75) is 52.5 Å². The molecular weight excluding hydrogens is 122 g/mol. The Balaban J connectivity index is 3.56. The summed E-state index contributed by atoms with van der Waals surface area (Å²) in [6, 6.07) is 0.435. The van der Waals surface area contributed by atoms with E-state index in [2.05, 4.69) is 20.8 Å². The standard InChI is InChI=1S/C9H21N/c1-4-7-8(5-2)9(10)6-3/h8-9H,4-7,10H2,1-3H3/t8-,9?/m0/s1. The smallest absolute Gasteiger partial charge is 0.00644 e. The Kier molecular flexibility index (Phi) is 5.70. The number of hydrogen-bond acceptors (Lipinski definition) is 1. The summed E-state index contributed by atoms with van der Waals surface area (Å²) in [5, 5.41) is 0. The van der Waals surface area contributed by atoms with Gasteiger partial charge in [-0.05, 0) is 18.8 Å².